The number of para-hydroxylation sites is 2. The first-order valence-corrected chi connectivity index (χ1v) is 17.7. The molecule has 1 radical (unpaired) electrons. The molecule has 4 aromatic rings. The van der Waals surface area contributed by atoms with E-state index in [-0.39, 0.29) is 0 Å². The van der Waals surface area contributed by atoms with Crippen molar-refractivity contribution in [2.75, 3.05) is 9.80 Å². The highest BCUT2D eigenvalue weighted by molar-refractivity contribution is 8.06. The Hall–Kier alpha value is -5.13. The molecule has 1 aliphatic carbocycles. The molecule has 1 aliphatic heterocycles. The van der Waals surface area contributed by atoms with Gasteiger partial charge in [-0.15, -0.1) is 0 Å². The molecule has 0 amide bonds. The van der Waals surface area contributed by atoms with Gasteiger partial charge in [-0.1, -0.05) is 116 Å². The zero-order chi connectivity index (χ0) is 34.3. The van der Waals surface area contributed by atoms with Gasteiger partial charge in [-0.05, 0) is 115 Å². The van der Waals surface area contributed by atoms with Gasteiger partial charge in [-0.2, -0.15) is 0 Å². The van der Waals surface area contributed by atoms with Gasteiger partial charge in [-0.3, -0.25) is 0 Å². The number of hydrogen-bond donors (Lipinski definition) is 1. The molecule has 0 bridgehead atoms. The minimum Gasteiger partial charge on any atom is -0.404 e. The van der Waals surface area contributed by atoms with Crippen LogP contribution in [0.3, 0.4) is 0 Å². The van der Waals surface area contributed by atoms with E-state index in [2.05, 4.69) is 154 Å². The van der Waals surface area contributed by atoms with E-state index in [9.17, 15) is 0 Å². The predicted octanol–water partition coefficient (Wildman–Crippen LogP) is 10.8. The van der Waals surface area contributed by atoms with Gasteiger partial charge in [0.1, 0.15) is 0 Å². The molecular formula is C44H43BN3S. The number of nitrogens with zero attached hydrogens (tertiary/aromatic N) is 2. The zero-order valence-corrected chi connectivity index (χ0v) is 29.5. The maximum Gasteiger partial charge on any atom is 0.197 e. The van der Waals surface area contributed by atoms with Gasteiger partial charge < -0.3 is 15.5 Å². The topological polar surface area (TPSA) is 32.5 Å². The molecule has 0 atom stereocenters. The lowest BCUT2D eigenvalue weighted by Crippen LogP contribution is -2.42. The van der Waals surface area contributed by atoms with Gasteiger partial charge in [0.2, 0.25) is 0 Å². The van der Waals surface area contributed by atoms with Crippen molar-refractivity contribution in [3.8, 4) is 0 Å². The average Bonchev–Trinajstić information content (AvgIpc) is 3.13. The van der Waals surface area contributed by atoms with Gasteiger partial charge in [0.15, 0.2) is 7.28 Å². The Morgan fingerprint density at radius 3 is 2.41 bits per heavy atom. The smallest absolute Gasteiger partial charge is 0.197 e. The Morgan fingerprint density at radius 1 is 0.959 bits per heavy atom. The summed E-state index contributed by atoms with van der Waals surface area (Å²) in [5.74, 6) is 0. The second kappa shape index (κ2) is 15.4. The molecule has 0 aromatic heterocycles. The standard InChI is InChI=1S/C44H43BN3S/c1-6-9-22-38-37(23-16-24-43(38)49-32(5)30-46)39-27-31(4)28-42-44(39)45-40-26-25-36(29-41(40)48(42)35-20-14-11-15-21-35)47(33(8-3)17-7-2)34-18-12-10-13-19-34/h7-15,17-23,25-30H,2-3,6,16,24,46H2,1,4-5H3/b22-9-,32-30-,33-17+. The van der Waals surface area contributed by atoms with Crippen molar-refractivity contribution in [2.24, 2.45) is 5.73 Å². The fraction of sp³-hybridized carbons (Fsp3) is 0.136. The number of fused-ring (bicyclic) bond motifs is 2. The van der Waals surface area contributed by atoms with E-state index in [1.165, 1.54) is 38.3 Å². The molecule has 2 N–H and O–H groups in total. The quantitative estimate of drug-likeness (QED) is 0.113. The van der Waals surface area contributed by atoms with Crippen LogP contribution in [0.5, 0.6) is 0 Å². The number of hydrogen-bond acceptors (Lipinski definition) is 4. The maximum atomic E-state index is 5.95. The number of nitrogens with two attached hydrogens (primary N) is 1. The molecule has 5 heteroatoms. The molecule has 0 saturated heterocycles. The molecule has 3 nitrogen and oxygen atoms in total. The molecule has 49 heavy (non-hydrogen) atoms. The van der Waals surface area contributed by atoms with E-state index in [0.717, 1.165) is 58.1 Å². The fourth-order valence-electron chi connectivity index (χ4n) is 6.59. The number of allylic oxidation sites excluding steroid dienone is 10. The number of benzene rings is 4. The van der Waals surface area contributed by atoms with Crippen molar-refractivity contribution in [1.29, 1.82) is 0 Å². The highest BCUT2D eigenvalue weighted by Crippen LogP contribution is 2.44. The Labute approximate surface area is 297 Å². The lowest BCUT2D eigenvalue weighted by atomic mass is 9.57. The summed E-state index contributed by atoms with van der Waals surface area (Å²) >= 11 is 1.80. The van der Waals surface area contributed by atoms with Gasteiger partial charge >= 0.3 is 0 Å². The summed E-state index contributed by atoms with van der Waals surface area (Å²) in [5.41, 5.74) is 19.8. The Balaban J connectivity index is 1.56. The normalized spacial score (nSPS) is 14.6. The fourth-order valence-corrected chi connectivity index (χ4v) is 7.56. The van der Waals surface area contributed by atoms with Crippen molar-refractivity contribution in [1.82, 2.24) is 0 Å². The van der Waals surface area contributed by atoms with E-state index in [0.29, 0.717) is 0 Å². The van der Waals surface area contributed by atoms with Crippen LogP contribution in [-0.2, 0) is 0 Å². The molecule has 1 heterocycles. The van der Waals surface area contributed by atoms with Crippen molar-refractivity contribution < 1.29 is 0 Å². The number of anilines is 5. The van der Waals surface area contributed by atoms with Crippen molar-refractivity contribution >= 4 is 64.0 Å². The molecule has 0 saturated carbocycles. The average molecular weight is 657 g/mol. The molecule has 6 rings (SSSR count). The first kappa shape index (κ1) is 33.8. The van der Waals surface area contributed by atoms with E-state index in [1.54, 1.807) is 18.0 Å². The molecular weight excluding hydrogens is 613 g/mol. The van der Waals surface area contributed by atoms with Gasteiger partial charge in [0.05, 0.1) is 0 Å². The highest BCUT2D eigenvalue weighted by atomic mass is 32.2. The largest absolute Gasteiger partial charge is 0.404 e. The third-order valence-corrected chi connectivity index (χ3v) is 9.91. The van der Waals surface area contributed by atoms with Gasteiger partial charge in [0.25, 0.3) is 0 Å². The summed E-state index contributed by atoms with van der Waals surface area (Å²) in [6.07, 6.45) is 17.4. The van der Waals surface area contributed by atoms with Crippen LogP contribution in [0, 0.1) is 6.92 Å². The monoisotopic (exact) mass is 656 g/mol. The lowest BCUT2D eigenvalue weighted by Gasteiger charge is -2.37. The number of thioether (sulfide) groups is 1. The van der Waals surface area contributed by atoms with Crippen molar-refractivity contribution in [3.05, 3.63) is 179 Å². The summed E-state index contributed by atoms with van der Waals surface area (Å²) in [5, 5.41) is 0. The molecule has 243 valence electrons. The molecule has 4 aromatic carbocycles. The molecule has 0 spiro atoms. The zero-order valence-electron chi connectivity index (χ0n) is 28.7. The highest BCUT2D eigenvalue weighted by Gasteiger charge is 2.30. The third kappa shape index (κ3) is 7.04. The maximum absolute atomic E-state index is 5.95. The summed E-state index contributed by atoms with van der Waals surface area (Å²) in [6, 6.07) is 32.5. The molecule has 2 aliphatic rings. The van der Waals surface area contributed by atoms with Crippen LogP contribution in [0.2, 0.25) is 0 Å². The number of rotatable bonds is 11. The van der Waals surface area contributed by atoms with Crippen molar-refractivity contribution in [3.63, 3.8) is 0 Å². The van der Waals surface area contributed by atoms with Gasteiger partial charge in [0, 0.05) is 45.2 Å². The van der Waals surface area contributed by atoms with E-state index < -0.39 is 0 Å². The van der Waals surface area contributed by atoms with Crippen LogP contribution < -0.4 is 26.5 Å². The first-order chi connectivity index (χ1) is 24.0. The summed E-state index contributed by atoms with van der Waals surface area (Å²) in [4.78, 5) is 7.13. The Bertz CT molecular complexity index is 2020. The van der Waals surface area contributed by atoms with Crippen LogP contribution in [0.4, 0.5) is 28.4 Å². The van der Waals surface area contributed by atoms with E-state index in [1.807, 2.05) is 24.3 Å². The van der Waals surface area contributed by atoms with Crippen LogP contribution in [0.15, 0.2) is 168 Å². The van der Waals surface area contributed by atoms with Crippen molar-refractivity contribution in [2.45, 2.75) is 40.0 Å². The minimum atomic E-state index is 0.947. The second-order valence-corrected chi connectivity index (χ2v) is 13.5. The summed E-state index contributed by atoms with van der Waals surface area (Å²) < 4.78 is 0. The third-order valence-electron chi connectivity index (χ3n) is 8.78. The SMILES string of the molecule is C=C/C=C(\C=C)N(c1ccccc1)c1ccc2c(c1)N(c1ccccc1)c1cc(C)cc(C3=CCCC(S/C(C)=C\N)=C3/C=C\CC)c1[B]2. The van der Waals surface area contributed by atoms with E-state index >= 15 is 0 Å². The Morgan fingerprint density at radius 2 is 1.71 bits per heavy atom. The summed E-state index contributed by atoms with van der Waals surface area (Å²) in [6.45, 7) is 14.6. The van der Waals surface area contributed by atoms with Crippen LogP contribution in [-0.4, -0.2) is 7.28 Å². The van der Waals surface area contributed by atoms with Crippen LogP contribution >= 0.6 is 11.8 Å². The lowest BCUT2D eigenvalue weighted by molar-refractivity contribution is 1.01. The minimum absolute atomic E-state index is 0.947. The van der Waals surface area contributed by atoms with Gasteiger partial charge in [-0.25, -0.2) is 0 Å². The number of aryl methyl sites for hydroxylation is 1. The predicted molar refractivity (Wildman–Crippen MR) is 217 cm³/mol. The second-order valence-electron chi connectivity index (χ2n) is 12.2. The van der Waals surface area contributed by atoms with Crippen LogP contribution in [0.25, 0.3) is 5.57 Å². The molecule has 0 fully saturated rings. The Kier molecular flexibility index (Phi) is 10.6. The first-order valence-electron chi connectivity index (χ1n) is 16.9. The summed E-state index contributed by atoms with van der Waals surface area (Å²) in [7, 11) is 2.37. The van der Waals surface area contributed by atoms with Crippen LogP contribution in [0.1, 0.15) is 44.2 Å². The molecule has 0 unspecified atom stereocenters. The van der Waals surface area contributed by atoms with E-state index in [4.69, 9.17) is 5.73 Å².